The molecule has 16 heavy (non-hydrogen) atoms. The smallest absolute Gasteiger partial charge is 0.478 e. The van der Waals surface area contributed by atoms with Gasteiger partial charge in [0.2, 0.25) is 0 Å². The number of hydrogen-bond donors (Lipinski definition) is 1. The van der Waals surface area contributed by atoms with Crippen molar-refractivity contribution in [3.8, 4) is 0 Å². The van der Waals surface area contributed by atoms with Gasteiger partial charge < -0.3 is 18.4 Å². The topological polar surface area (TPSA) is 65.0 Å². The quantitative estimate of drug-likeness (QED) is 0.436. The molecule has 1 N–H and O–H groups in total. The average Bonchev–Trinajstić information content (AvgIpc) is 2.30. The maximum atomic E-state index is 10.7. The van der Waals surface area contributed by atoms with Crippen molar-refractivity contribution >= 4 is 14.8 Å². The molecule has 0 atom stereocenters. The Morgan fingerprint density at radius 2 is 1.56 bits per heavy atom. The van der Waals surface area contributed by atoms with Crippen LogP contribution < -0.4 is 0 Å². The first kappa shape index (κ1) is 15.0. The minimum atomic E-state index is -2.77. The Bertz CT molecular complexity index is 296. The van der Waals surface area contributed by atoms with Gasteiger partial charge in [0.05, 0.1) is 0 Å². The number of carbonyl (C=O) groups is 1. The van der Waals surface area contributed by atoms with E-state index >= 15 is 0 Å². The summed E-state index contributed by atoms with van der Waals surface area (Å²) in [6.07, 6.45) is 1.65. The SMILES string of the molecule is CO[Si](C=CC(C)=C(C)C(=O)O)(OC)OC. The number of rotatable bonds is 6. The van der Waals surface area contributed by atoms with Crippen molar-refractivity contribution < 1.29 is 23.2 Å². The van der Waals surface area contributed by atoms with Gasteiger partial charge in [0.1, 0.15) is 0 Å². The van der Waals surface area contributed by atoms with Gasteiger partial charge in [0, 0.05) is 26.9 Å². The van der Waals surface area contributed by atoms with E-state index in [0.29, 0.717) is 5.57 Å². The minimum absolute atomic E-state index is 0.280. The van der Waals surface area contributed by atoms with Crippen molar-refractivity contribution in [2.75, 3.05) is 21.3 Å². The second kappa shape index (κ2) is 6.59. The fraction of sp³-hybridized carbons (Fsp3) is 0.500. The molecule has 0 rings (SSSR count). The summed E-state index contributed by atoms with van der Waals surface area (Å²) in [4.78, 5) is 10.7. The van der Waals surface area contributed by atoms with Crippen LogP contribution in [0.5, 0.6) is 0 Å². The molecule has 0 saturated carbocycles. The highest BCUT2D eigenvalue weighted by atomic mass is 28.4. The summed E-state index contributed by atoms with van der Waals surface area (Å²) < 4.78 is 15.5. The number of carboxylic acid groups (broad SMARTS) is 1. The van der Waals surface area contributed by atoms with E-state index in [4.69, 9.17) is 18.4 Å². The molecule has 0 heterocycles. The first-order valence-corrected chi connectivity index (χ1v) is 6.48. The molecule has 0 aliphatic carbocycles. The van der Waals surface area contributed by atoms with E-state index < -0.39 is 14.8 Å². The van der Waals surface area contributed by atoms with Gasteiger partial charge in [-0.05, 0) is 25.1 Å². The van der Waals surface area contributed by atoms with Crippen LogP contribution in [0, 0.1) is 0 Å². The van der Waals surface area contributed by atoms with Gasteiger partial charge in [0.25, 0.3) is 0 Å². The number of allylic oxidation sites excluding steroid dienone is 2. The molecule has 0 aromatic heterocycles. The van der Waals surface area contributed by atoms with Gasteiger partial charge in [-0.15, -0.1) is 0 Å². The summed E-state index contributed by atoms with van der Waals surface area (Å²) in [6.45, 7) is 3.25. The molecule has 0 radical (unpaired) electrons. The van der Waals surface area contributed by atoms with E-state index in [-0.39, 0.29) is 5.57 Å². The third kappa shape index (κ3) is 3.90. The fourth-order valence-electron chi connectivity index (χ4n) is 0.975. The molecule has 0 aromatic rings. The fourth-order valence-corrected chi connectivity index (χ4v) is 2.34. The van der Waals surface area contributed by atoms with E-state index in [9.17, 15) is 4.79 Å². The first-order chi connectivity index (χ1) is 7.42. The maximum absolute atomic E-state index is 10.7. The number of carboxylic acids is 1. The van der Waals surface area contributed by atoms with Crippen LogP contribution in [0.15, 0.2) is 22.9 Å². The monoisotopic (exact) mass is 246 g/mol. The molecule has 6 heteroatoms. The predicted molar refractivity (Wildman–Crippen MR) is 61.9 cm³/mol. The normalized spacial score (nSPS) is 14.1. The molecule has 0 fully saturated rings. The highest BCUT2D eigenvalue weighted by Gasteiger charge is 2.34. The number of hydrogen-bond acceptors (Lipinski definition) is 4. The van der Waals surface area contributed by atoms with Crippen LogP contribution in [0.2, 0.25) is 0 Å². The zero-order valence-electron chi connectivity index (χ0n) is 10.2. The minimum Gasteiger partial charge on any atom is -0.478 e. The lowest BCUT2D eigenvalue weighted by Gasteiger charge is -2.20. The standard InChI is InChI=1S/C10H18O5Si/c1-8(9(2)10(11)12)6-7-16(13-3,14-4)15-5/h6-7H,1-5H3,(H,11,12). The summed E-state index contributed by atoms with van der Waals surface area (Å²) in [6, 6.07) is 0. The molecular formula is C10H18O5Si. The average molecular weight is 246 g/mol. The van der Waals surface area contributed by atoms with Crippen LogP contribution in [0.1, 0.15) is 13.8 Å². The van der Waals surface area contributed by atoms with Crippen LogP contribution >= 0.6 is 0 Å². The second-order valence-electron chi connectivity index (χ2n) is 3.16. The molecule has 0 aromatic carbocycles. The van der Waals surface area contributed by atoms with Crippen LogP contribution in [0.4, 0.5) is 0 Å². The summed E-state index contributed by atoms with van der Waals surface area (Å²) in [5.41, 5.74) is 2.56. The Morgan fingerprint density at radius 3 is 1.88 bits per heavy atom. The predicted octanol–water partition coefficient (Wildman–Crippen LogP) is 1.38. The molecule has 0 bridgehead atoms. The van der Waals surface area contributed by atoms with E-state index in [1.807, 2.05) is 0 Å². The molecule has 0 unspecified atom stereocenters. The Morgan fingerprint density at radius 1 is 1.12 bits per heavy atom. The third-order valence-corrected chi connectivity index (χ3v) is 4.59. The Balaban J connectivity index is 4.95. The second-order valence-corrected chi connectivity index (χ2v) is 5.93. The van der Waals surface area contributed by atoms with Crippen LogP contribution in [0.25, 0.3) is 0 Å². The van der Waals surface area contributed by atoms with E-state index in [1.54, 1.807) is 18.7 Å². The van der Waals surface area contributed by atoms with Crippen LogP contribution in [-0.4, -0.2) is 41.2 Å². The molecular weight excluding hydrogens is 228 g/mol. The summed E-state index contributed by atoms with van der Waals surface area (Å²) >= 11 is 0. The van der Waals surface area contributed by atoms with Crippen molar-refractivity contribution in [1.82, 2.24) is 0 Å². The van der Waals surface area contributed by atoms with Crippen LogP contribution in [-0.2, 0) is 18.1 Å². The Labute approximate surface area is 96.7 Å². The molecule has 0 amide bonds. The van der Waals surface area contributed by atoms with Gasteiger partial charge in [-0.1, -0.05) is 6.08 Å². The van der Waals surface area contributed by atoms with Gasteiger partial charge in [-0.2, -0.15) is 0 Å². The van der Waals surface area contributed by atoms with Crippen molar-refractivity contribution in [3.05, 3.63) is 22.9 Å². The molecule has 0 spiro atoms. The van der Waals surface area contributed by atoms with Crippen molar-refractivity contribution in [1.29, 1.82) is 0 Å². The summed E-state index contributed by atoms with van der Waals surface area (Å²) in [5, 5.41) is 8.78. The maximum Gasteiger partial charge on any atom is 0.528 e. The zero-order chi connectivity index (χ0) is 12.8. The first-order valence-electron chi connectivity index (χ1n) is 4.68. The van der Waals surface area contributed by atoms with E-state index in [1.165, 1.54) is 28.3 Å². The Kier molecular flexibility index (Phi) is 6.20. The van der Waals surface area contributed by atoms with Gasteiger partial charge >= 0.3 is 14.8 Å². The highest BCUT2D eigenvalue weighted by molar-refractivity contribution is 6.66. The molecule has 0 aliphatic rings. The number of aliphatic carboxylic acids is 1. The van der Waals surface area contributed by atoms with Crippen molar-refractivity contribution in [3.63, 3.8) is 0 Å². The summed E-state index contributed by atoms with van der Waals surface area (Å²) in [5.74, 6) is -0.943. The lowest BCUT2D eigenvalue weighted by Crippen LogP contribution is -2.40. The van der Waals surface area contributed by atoms with E-state index in [0.717, 1.165) is 0 Å². The van der Waals surface area contributed by atoms with Gasteiger partial charge in [-0.25, -0.2) is 4.79 Å². The van der Waals surface area contributed by atoms with Crippen LogP contribution in [0.3, 0.4) is 0 Å². The molecule has 0 saturated heterocycles. The van der Waals surface area contributed by atoms with Crippen molar-refractivity contribution in [2.24, 2.45) is 0 Å². The summed E-state index contributed by atoms with van der Waals surface area (Å²) in [7, 11) is 1.71. The Hall–Kier alpha value is -0.953. The van der Waals surface area contributed by atoms with Gasteiger partial charge in [-0.3, -0.25) is 0 Å². The molecule has 0 aliphatic heterocycles. The van der Waals surface area contributed by atoms with E-state index in [2.05, 4.69) is 0 Å². The molecule has 92 valence electrons. The molecule has 5 nitrogen and oxygen atoms in total. The van der Waals surface area contributed by atoms with Gasteiger partial charge in [0.15, 0.2) is 0 Å². The third-order valence-electron chi connectivity index (χ3n) is 2.30. The largest absolute Gasteiger partial charge is 0.528 e. The lowest BCUT2D eigenvalue weighted by atomic mass is 10.1. The zero-order valence-corrected chi connectivity index (χ0v) is 11.2. The highest BCUT2D eigenvalue weighted by Crippen LogP contribution is 2.11. The lowest BCUT2D eigenvalue weighted by molar-refractivity contribution is -0.132. The van der Waals surface area contributed by atoms with Crippen molar-refractivity contribution in [2.45, 2.75) is 13.8 Å².